The van der Waals surface area contributed by atoms with Crippen LogP contribution in [0.4, 0.5) is 5.13 Å². The molecule has 2 aromatic rings. The summed E-state index contributed by atoms with van der Waals surface area (Å²) in [6.07, 6.45) is 0.884. The highest BCUT2D eigenvalue weighted by Crippen LogP contribution is 2.29. The Labute approximate surface area is 97.3 Å². The first-order valence-electron chi connectivity index (χ1n) is 4.74. The summed E-state index contributed by atoms with van der Waals surface area (Å²) in [6.45, 7) is 0. The van der Waals surface area contributed by atoms with Crippen LogP contribution in [-0.4, -0.2) is 17.2 Å². The molecular weight excluding hydrogens is 224 g/mol. The summed E-state index contributed by atoms with van der Waals surface area (Å²) >= 11 is 1.28. The van der Waals surface area contributed by atoms with E-state index in [9.17, 15) is 5.11 Å². The minimum absolute atomic E-state index is 0.456. The summed E-state index contributed by atoms with van der Waals surface area (Å²) in [5, 5.41) is 10.5. The fourth-order valence-electron chi connectivity index (χ4n) is 1.40. The van der Waals surface area contributed by atoms with Crippen LogP contribution < -0.4 is 10.5 Å². The fourth-order valence-corrected chi connectivity index (χ4v) is 2.10. The first-order valence-corrected chi connectivity index (χ1v) is 5.55. The van der Waals surface area contributed by atoms with Crippen molar-refractivity contribution in [3.8, 4) is 5.75 Å². The topological polar surface area (TPSA) is 68.4 Å². The van der Waals surface area contributed by atoms with Crippen molar-refractivity contribution >= 4 is 16.5 Å². The van der Waals surface area contributed by atoms with Crippen LogP contribution in [0.2, 0.25) is 0 Å². The van der Waals surface area contributed by atoms with Crippen LogP contribution in [-0.2, 0) is 0 Å². The number of methoxy groups -OCH3 is 1. The molecule has 0 aliphatic heterocycles. The monoisotopic (exact) mass is 236 g/mol. The predicted molar refractivity (Wildman–Crippen MR) is 63.6 cm³/mol. The Hall–Kier alpha value is -1.59. The molecule has 5 heteroatoms. The van der Waals surface area contributed by atoms with Crippen molar-refractivity contribution in [2.45, 2.75) is 6.10 Å². The zero-order valence-corrected chi connectivity index (χ0v) is 9.57. The van der Waals surface area contributed by atoms with Crippen molar-refractivity contribution in [1.29, 1.82) is 0 Å². The van der Waals surface area contributed by atoms with Gasteiger partial charge in [0.1, 0.15) is 11.9 Å². The number of aromatic nitrogens is 1. The minimum Gasteiger partial charge on any atom is -0.497 e. The highest BCUT2D eigenvalue weighted by atomic mass is 32.1. The predicted octanol–water partition coefficient (Wildman–Crippen LogP) is 1.82. The molecule has 2 rings (SSSR count). The zero-order chi connectivity index (χ0) is 11.5. The van der Waals surface area contributed by atoms with Crippen LogP contribution in [0.3, 0.4) is 0 Å². The number of aliphatic hydroxyl groups excluding tert-OH is 1. The molecule has 84 valence electrons. The molecule has 0 fully saturated rings. The quantitative estimate of drug-likeness (QED) is 0.853. The Kier molecular flexibility index (Phi) is 3.07. The number of anilines is 1. The molecule has 1 heterocycles. The van der Waals surface area contributed by atoms with Crippen molar-refractivity contribution in [1.82, 2.24) is 4.98 Å². The number of aliphatic hydroxyl groups is 1. The van der Waals surface area contributed by atoms with Gasteiger partial charge in [-0.05, 0) is 17.7 Å². The highest BCUT2D eigenvalue weighted by molar-refractivity contribution is 7.15. The lowest BCUT2D eigenvalue weighted by atomic mass is 10.1. The molecule has 0 bridgehead atoms. The van der Waals surface area contributed by atoms with Crippen molar-refractivity contribution in [3.05, 3.63) is 40.9 Å². The standard InChI is InChI=1S/C11H12N2O2S/c1-15-8-4-2-3-7(5-8)10(14)9-6-13-11(12)16-9/h2-6,10,14H,1H3,(H2,12,13). The molecular formula is C11H12N2O2S. The lowest BCUT2D eigenvalue weighted by molar-refractivity contribution is 0.223. The van der Waals surface area contributed by atoms with Crippen LogP contribution in [0.1, 0.15) is 16.5 Å². The van der Waals surface area contributed by atoms with Crippen molar-refractivity contribution in [2.24, 2.45) is 0 Å². The lowest BCUT2D eigenvalue weighted by Gasteiger charge is -2.09. The van der Waals surface area contributed by atoms with Gasteiger partial charge in [0.15, 0.2) is 5.13 Å². The van der Waals surface area contributed by atoms with Crippen LogP contribution in [0.15, 0.2) is 30.5 Å². The molecule has 0 saturated carbocycles. The number of hydrogen-bond donors (Lipinski definition) is 2. The third-order valence-corrected chi connectivity index (χ3v) is 3.10. The van der Waals surface area contributed by atoms with E-state index in [1.807, 2.05) is 18.2 Å². The second-order valence-electron chi connectivity index (χ2n) is 3.28. The zero-order valence-electron chi connectivity index (χ0n) is 8.75. The number of nitrogen functional groups attached to an aromatic ring is 1. The summed E-state index contributed by atoms with van der Waals surface area (Å²) < 4.78 is 5.10. The first kappa shape index (κ1) is 10.9. The molecule has 1 atom stereocenters. The van der Waals surface area contributed by atoms with E-state index in [1.165, 1.54) is 11.3 Å². The summed E-state index contributed by atoms with van der Waals surface area (Å²) in [5.41, 5.74) is 6.29. The molecule has 1 aromatic carbocycles. The maximum atomic E-state index is 10.1. The number of thiazole rings is 1. The SMILES string of the molecule is COc1cccc(C(O)c2cnc(N)s2)c1. The van der Waals surface area contributed by atoms with Gasteiger partial charge in [-0.3, -0.25) is 0 Å². The Morgan fingerprint density at radius 3 is 2.94 bits per heavy atom. The largest absolute Gasteiger partial charge is 0.497 e. The smallest absolute Gasteiger partial charge is 0.180 e. The normalized spacial score (nSPS) is 12.4. The van der Waals surface area contributed by atoms with E-state index in [0.29, 0.717) is 10.9 Å². The van der Waals surface area contributed by atoms with Gasteiger partial charge in [0.05, 0.1) is 12.0 Å². The first-order chi connectivity index (χ1) is 7.70. The van der Waals surface area contributed by atoms with Crippen LogP contribution in [0.25, 0.3) is 0 Å². The molecule has 0 aliphatic carbocycles. The molecule has 3 N–H and O–H groups in total. The maximum absolute atomic E-state index is 10.1. The van der Waals surface area contributed by atoms with E-state index in [0.717, 1.165) is 10.4 Å². The van der Waals surface area contributed by atoms with E-state index in [1.54, 1.807) is 19.4 Å². The van der Waals surface area contributed by atoms with Crippen LogP contribution in [0, 0.1) is 0 Å². The van der Waals surface area contributed by atoms with E-state index in [2.05, 4.69) is 4.98 Å². The third kappa shape index (κ3) is 2.15. The Morgan fingerprint density at radius 2 is 2.31 bits per heavy atom. The average Bonchev–Trinajstić information content (AvgIpc) is 2.75. The maximum Gasteiger partial charge on any atom is 0.180 e. The summed E-state index contributed by atoms with van der Waals surface area (Å²) in [6, 6.07) is 7.29. The fraction of sp³-hybridized carbons (Fsp3) is 0.182. The van der Waals surface area contributed by atoms with Gasteiger partial charge in [-0.1, -0.05) is 23.5 Å². The van der Waals surface area contributed by atoms with E-state index in [-0.39, 0.29) is 0 Å². The molecule has 0 amide bonds. The van der Waals surface area contributed by atoms with E-state index < -0.39 is 6.10 Å². The number of ether oxygens (including phenoxy) is 1. The summed E-state index contributed by atoms with van der Waals surface area (Å²) in [7, 11) is 1.59. The van der Waals surface area contributed by atoms with Crippen molar-refractivity contribution in [2.75, 3.05) is 12.8 Å². The Morgan fingerprint density at radius 1 is 1.50 bits per heavy atom. The third-order valence-electron chi connectivity index (χ3n) is 2.22. The molecule has 0 saturated heterocycles. The number of nitrogens with two attached hydrogens (primary N) is 1. The minimum atomic E-state index is -0.704. The summed E-state index contributed by atoms with van der Waals surface area (Å²) in [5.74, 6) is 0.717. The molecule has 16 heavy (non-hydrogen) atoms. The van der Waals surface area contributed by atoms with Gasteiger partial charge in [0.2, 0.25) is 0 Å². The van der Waals surface area contributed by atoms with Gasteiger partial charge in [0.25, 0.3) is 0 Å². The van der Waals surface area contributed by atoms with Gasteiger partial charge in [0, 0.05) is 6.20 Å². The van der Waals surface area contributed by atoms with Crippen LogP contribution >= 0.6 is 11.3 Å². The van der Waals surface area contributed by atoms with Crippen molar-refractivity contribution < 1.29 is 9.84 Å². The van der Waals surface area contributed by atoms with E-state index in [4.69, 9.17) is 10.5 Å². The lowest BCUT2D eigenvalue weighted by Crippen LogP contribution is -1.97. The molecule has 0 aliphatic rings. The van der Waals surface area contributed by atoms with Gasteiger partial charge >= 0.3 is 0 Å². The second-order valence-corrected chi connectivity index (χ2v) is 4.37. The van der Waals surface area contributed by atoms with Gasteiger partial charge < -0.3 is 15.6 Å². The second kappa shape index (κ2) is 4.51. The molecule has 4 nitrogen and oxygen atoms in total. The molecule has 1 aromatic heterocycles. The number of rotatable bonds is 3. The van der Waals surface area contributed by atoms with Gasteiger partial charge in [-0.25, -0.2) is 4.98 Å². The van der Waals surface area contributed by atoms with Crippen molar-refractivity contribution in [3.63, 3.8) is 0 Å². The van der Waals surface area contributed by atoms with Gasteiger partial charge in [-0.15, -0.1) is 0 Å². The number of benzene rings is 1. The highest BCUT2D eigenvalue weighted by Gasteiger charge is 2.13. The Balaban J connectivity index is 2.29. The molecule has 0 spiro atoms. The van der Waals surface area contributed by atoms with Gasteiger partial charge in [-0.2, -0.15) is 0 Å². The molecule has 0 radical (unpaired) electrons. The Bertz CT molecular complexity index is 484. The molecule has 1 unspecified atom stereocenters. The number of hydrogen-bond acceptors (Lipinski definition) is 5. The average molecular weight is 236 g/mol. The van der Waals surface area contributed by atoms with E-state index >= 15 is 0 Å². The number of nitrogens with zero attached hydrogens (tertiary/aromatic N) is 1. The summed E-state index contributed by atoms with van der Waals surface area (Å²) in [4.78, 5) is 4.64. The van der Waals surface area contributed by atoms with Crippen LogP contribution in [0.5, 0.6) is 5.75 Å².